The number of hydrogen-bond acceptors (Lipinski definition) is 4. The van der Waals surface area contributed by atoms with Crippen LogP contribution < -0.4 is 5.32 Å². The summed E-state index contributed by atoms with van der Waals surface area (Å²) < 4.78 is 11.0. The van der Waals surface area contributed by atoms with E-state index in [2.05, 4.69) is 5.32 Å². The Bertz CT molecular complexity index is 300. The van der Waals surface area contributed by atoms with Gasteiger partial charge >= 0.3 is 5.97 Å². The average Bonchev–Trinajstić information content (AvgIpc) is 2.14. The molecule has 2 aliphatic heterocycles. The Labute approximate surface area is 96.7 Å². The zero-order valence-corrected chi connectivity index (χ0v) is 10.6. The smallest absolute Gasteiger partial charge is 0.314 e. The Morgan fingerprint density at radius 2 is 1.88 bits per heavy atom. The number of carbonyl (C=O) groups is 1. The van der Waals surface area contributed by atoms with Crippen LogP contribution in [-0.2, 0) is 14.3 Å². The number of fused-ring (bicyclic) bond motifs is 2. The first-order valence-corrected chi connectivity index (χ1v) is 5.80. The Kier molecular flexibility index (Phi) is 2.55. The first-order chi connectivity index (χ1) is 7.31. The molecule has 4 heteroatoms. The van der Waals surface area contributed by atoms with Crippen LogP contribution in [0.5, 0.6) is 0 Å². The highest BCUT2D eigenvalue weighted by Gasteiger charge is 2.63. The van der Waals surface area contributed by atoms with Crippen molar-refractivity contribution in [2.75, 3.05) is 20.2 Å². The highest BCUT2D eigenvalue weighted by Crippen LogP contribution is 2.53. The second kappa shape index (κ2) is 3.44. The molecule has 1 N–H and O–H groups in total. The second-order valence-corrected chi connectivity index (χ2v) is 6.13. The zero-order chi connectivity index (χ0) is 12.0. The van der Waals surface area contributed by atoms with Crippen molar-refractivity contribution in [1.82, 2.24) is 5.32 Å². The van der Waals surface area contributed by atoms with Gasteiger partial charge in [0.15, 0.2) is 0 Å². The van der Waals surface area contributed by atoms with E-state index >= 15 is 0 Å². The van der Waals surface area contributed by atoms with Gasteiger partial charge in [-0.05, 0) is 33.6 Å². The summed E-state index contributed by atoms with van der Waals surface area (Å²) in [6.45, 7) is 7.27. The molecule has 92 valence electrons. The number of esters is 1. The van der Waals surface area contributed by atoms with Gasteiger partial charge in [0.25, 0.3) is 0 Å². The summed E-state index contributed by atoms with van der Waals surface area (Å²) in [4.78, 5) is 12.1. The SMILES string of the molecule is COC12CNCC(C(=O)OC(C)(C)C)(C1)C2. The maximum atomic E-state index is 12.1. The monoisotopic (exact) mass is 227 g/mol. The predicted molar refractivity (Wildman–Crippen MR) is 60.1 cm³/mol. The van der Waals surface area contributed by atoms with Gasteiger partial charge in [0.05, 0.1) is 11.0 Å². The third-order valence-electron chi connectivity index (χ3n) is 3.50. The van der Waals surface area contributed by atoms with Crippen LogP contribution in [0.4, 0.5) is 0 Å². The lowest BCUT2D eigenvalue weighted by molar-refractivity contribution is -0.211. The molecule has 0 unspecified atom stereocenters. The molecule has 4 nitrogen and oxygen atoms in total. The summed E-state index contributed by atoms with van der Waals surface area (Å²) in [6, 6.07) is 0. The van der Waals surface area contributed by atoms with Crippen LogP contribution in [0.3, 0.4) is 0 Å². The van der Waals surface area contributed by atoms with E-state index in [1.165, 1.54) is 0 Å². The van der Waals surface area contributed by atoms with Crippen molar-refractivity contribution < 1.29 is 14.3 Å². The van der Waals surface area contributed by atoms with Crippen molar-refractivity contribution in [3.63, 3.8) is 0 Å². The molecule has 16 heavy (non-hydrogen) atoms. The molecule has 3 fully saturated rings. The third kappa shape index (κ3) is 1.84. The van der Waals surface area contributed by atoms with E-state index in [0.717, 1.165) is 19.4 Å². The molecule has 2 heterocycles. The van der Waals surface area contributed by atoms with E-state index in [4.69, 9.17) is 9.47 Å². The average molecular weight is 227 g/mol. The minimum Gasteiger partial charge on any atom is -0.460 e. The van der Waals surface area contributed by atoms with Crippen molar-refractivity contribution in [3.8, 4) is 0 Å². The van der Waals surface area contributed by atoms with Crippen LogP contribution in [0, 0.1) is 5.41 Å². The fraction of sp³-hybridized carbons (Fsp3) is 0.917. The molecule has 1 saturated carbocycles. The molecule has 1 aliphatic carbocycles. The number of ether oxygens (including phenoxy) is 2. The quantitative estimate of drug-likeness (QED) is 0.718. The summed E-state index contributed by atoms with van der Waals surface area (Å²) in [5, 5.41) is 3.26. The number of rotatable bonds is 2. The normalized spacial score (nSPS) is 37.8. The molecule has 2 saturated heterocycles. The Morgan fingerprint density at radius 3 is 2.38 bits per heavy atom. The molecule has 0 atom stereocenters. The van der Waals surface area contributed by atoms with Crippen molar-refractivity contribution >= 4 is 5.97 Å². The topological polar surface area (TPSA) is 47.6 Å². The third-order valence-corrected chi connectivity index (χ3v) is 3.50. The first kappa shape index (κ1) is 11.9. The van der Waals surface area contributed by atoms with Crippen LogP contribution in [0.2, 0.25) is 0 Å². The maximum absolute atomic E-state index is 12.1. The van der Waals surface area contributed by atoms with Gasteiger partial charge in [-0.15, -0.1) is 0 Å². The van der Waals surface area contributed by atoms with Gasteiger partial charge in [0.1, 0.15) is 5.60 Å². The number of carbonyl (C=O) groups excluding carboxylic acids is 1. The van der Waals surface area contributed by atoms with Crippen LogP contribution in [0.1, 0.15) is 33.6 Å². The van der Waals surface area contributed by atoms with Gasteiger partial charge in [-0.2, -0.15) is 0 Å². The molecule has 3 aliphatic rings. The minimum atomic E-state index is -0.408. The largest absolute Gasteiger partial charge is 0.460 e. The van der Waals surface area contributed by atoms with E-state index in [1.54, 1.807) is 7.11 Å². The lowest BCUT2D eigenvalue weighted by atomic mass is 9.56. The van der Waals surface area contributed by atoms with Gasteiger partial charge in [0.2, 0.25) is 0 Å². The summed E-state index contributed by atoms with van der Waals surface area (Å²) in [6.07, 6.45) is 1.58. The van der Waals surface area contributed by atoms with Crippen LogP contribution >= 0.6 is 0 Å². The van der Waals surface area contributed by atoms with Crippen molar-refractivity contribution in [2.24, 2.45) is 5.41 Å². The number of methoxy groups -OCH3 is 1. The molecular weight excluding hydrogens is 206 g/mol. The Morgan fingerprint density at radius 1 is 1.25 bits per heavy atom. The Hall–Kier alpha value is -0.610. The lowest BCUT2D eigenvalue weighted by Crippen LogP contribution is -2.70. The van der Waals surface area contributed by atoms with Crippen LogP contribution in [-0.4, -0.2) is 37.4 Å². The van der Waals surface area contributed by atoms with Crippen molar-refractivity contribution in [2.45, 2.75) is 44.8 Å². The Balaban J connectivity index is 2.03. The molecule has 0 aromatic rings. The zero-order valence-electron chi connectivity index (χ0n) is 10.6. The van der Waals surface area contributed by atoms with E-state index in [1.807, 2.05) is 20.8 Å². The molecule has 2 bridgehead atoms. The summed E-state index contributed by atoms with van der Waals surface area (Å²) in [7, 11) is 1.71. The summed E-state index contributed by atoms with van der Waals surface area (Å²) in [5.74, 6) is -0.0834. The standard InChI is InChI=1S/C12H21NO3/c1-10(2,3)16-9(14)11-5-12(6-11,15-4)8-13-7-11/h13H,5-8H2,1-4H3. The van der Waals surface area contributed by atoms with E-state index in [0.29, 0.717) is 6.54 Å². The second-order valence-electron chi connectivity index (χ2n) is 6.13. The number of piperidine rings is 2. The van der Waals surface area contributed by atoms with Crippen molar-refractivity contribution in [1.29, 1.82) is 0 Å². The summed E-state index contributed by atoms with van der Waals surface area (Å²) in [5.41, 5.74) is -0.884. The van der Waals surface area contributed by atoms with Gasteiger partial charge in [0, 0.05) is 20.2 Å². The molecular formula is C12H21NO3. The fourth-order valence-corrected chi connectivity index (χ4v) is 2.78. The highest BCUT2D eigenvalue weighted by atomic mass is 16.6. The molecule has 0 aromatic carbocycles. The number of nitrogens with one attached hydrogen (secondary N) is 1. The van der Waals surface area contributed by atoms with Gasteiger partial charge in [-0.3, -0.25) is 4.79 Å². The number of hydrogen-bond donors (Lipinski definition) is 1. The molecule has 3 rings (SSSR count). The van der Waals surface area contributed by atoms with Crippen molar-refractivity contribution in [3.05, 3.63) is 0 Å². The van der Waals surface area contributed by atoms with Gasteiger partial charge < -0.3 is 14.8 Å². The fourth-order valence-electron chi connectivity index (χ4n) is 2.78. The van der Waals surface area contributed by atoms with E-state index < -0.39 is 5.60 Å². The minimum absolute atomic E-state index is 0.0834. The molecule has 0 spiro atoms. The first-order valence-electron chi connectivity index (χ1n) is 5.80. The summed E-state index contributed by atoms with van der Waals surface area (Å²) >= 11 is 0. The molecule has 0 amide bonds. The van der Waals surface area contributed by atoms with E-state index in [9.17, 15) is 4.79 Å². The van der Waals surface area contributed by atoms with Gasteiger partial charge in [-0.1, -0.05) is 0 Å². The lowest BCUT2D eigenvalue weighted by Gasteiger charge is -2.58. The molecule has 0 aromatic heterocycles. The predicted octanol–water partition coefficient (Wildman–Crippen LogP) is 1.10. The van der Waals surface area contributed by atoms with Crippen LogP contribution in [0.15, 0.2) is 0 Å². The van der Waals surface area contributed by atoms with Gasteiger partial charge in [-0.25, -0.2) is 0 Å². The van der Waals surface area contributed by atoms with E-state index in [-0.39, 0.29) is 17.0 Å². The molecule has 0 radical (unpaired) electrons. The van der Waals surface area contributed by atoms with Crippen LogP contribution in [0.25, 0.3) is 0 Å². The highest BCUT2D eigenvalue weighted by molar-refractivity contribution is 5.80. The maximum Gasteiger partial charge on any atom is 0.314 e.